The number of nitrogens with zero attached hydrogens (tertiary/aromatic N) is 2. The highest BCUT2D eigenvalue weighted by molar-refractivity contribution is 6.37. The van der Waals surface area contributed by atoms with Gasteiger partial charge in [0.05, 0.1) is 5.02 Å². The molecule has 0 aliphatic carbocycles. The minimum atomic E-state index is -0.300. The highest BCUT2D eigenvalue weighted by atomic mass is 35.5. The van der Waals surface area contributed by atoms with Crippen molar-refractivity contribution in [1.82, 2.24) is 5.32 Å². The fourth-order valence-corrected chi connectivity index (χ4v) is 4.32. The van der Waals surface area contributed by atoms with E-state index in [9.17, 15) is 0 Å². The van der Waals surface area contributed by atoms with Gasteiger partial charge in [-0.2, -0.15) is 0 Å². The maximum Gasteiger partial charge on any atom is 0.159 e. The van der Waals surface area contributed by atoms with Crippen molar-refractivity contribution < 1.29 is 4.42 Å². The maximum absolute atomic E-state index is 6.43. The van der Waals surface area contributed by atoms with Crippen molar-refractivity contribution in [3.63, 3.8) is 0 Å². The van der Waals surface area contributed by atoms with Crippen LogP contribution >= 0.6 is 11.6 Å². The van der Waals surface area contributed by atoms with Gasteiger partial charge >= 0.3 is 0 Å². The SMILES string of the molecule is Clc1cccc2oc3cc(C4N=C(c5ccccc5)N=C(c5ccccc5)N4)ccc3c12. The molecule has 2 heterocycles. The third kappa shape index (κ3) is 3.26. The first-order valence-electron chi connectivity index (χ1n) is 10.4. The van der Waals surface area contributed by atoms with Gasteiger partial charge in [-0.25, -0.2) is 9.98 Å². The molecule has 0 radical (unpaired) electrons. The molecule has 6 rings (SSSR count). The molecule has 1 N–H and O–H groups in total. The second-order valence-electron chi connectivity index (χ2n) is 7.66. The Morgan fingerprint density at radius 2 is 1.50 bits per heavy atom. The molecule has 0 amide bonds. The van der Waals surface area contributed by atoms with Gasteiger partial charge in [-0.15, -0.1) is 0 Å². The molecule has 0 bridgehead atoms. The summed E-state index contributed by atoms with van der Waals surface area (Å²) >= 11 is 6.43. The van der Waals surface area contributed by atoms with Gasteiger partial charge in [0.2, 0.25) is 0 Å². The topological polar surface area (TPSA) is 49.9 Å². The van der Waals surface area contributed by atoms with Crippen LogP contribution in [0.25, 0.3) is 21.9 Å². The third-order valence-corrected chi connectivity index (χ3v) is 5.92. The molecule has 0 spiro atoms. The molecule has 1 atom stereocenters. The first-order chi connectivity index (χ1) is 15.8. The molecular weight excluding hydrogens is 418 g/mol. The summed E-state index contributed by atoms with van der Waals surface area (Å²) in [5.74, 6) is 1.48. The number of hydrogen-bond donors (Lipinski definition) is 1. The molecule has 4 nitrogen and oxygen atoms in total. The van der Waals surface area contributed by atoms with Crippen LogP contribution in [0.15, 0.2) is 111 Å². The van der Waals surface area contributed by atoms with E-state index in [2.05, 4.69) is 17.4 Å². The van der Waals surface area contributed by atoms with Gasteiger partial charge in [0.15, 0.2) is 5.84 Å². The molecular formula is C27H18ClN3O. The van der Waals surface area contributed by atoms with Crippen LogP contribution in [0.3, 0.4) is 0 Å². The molecule has 5 heteroatoms. The second-order valence-corrected chi connectivity index (χ2v) is 8.07. The lowest BCUT2D eigenvalue weighted by molar-refractivity contribution is 0.655. The lowest BCUT2D eigenvalue weighted by Gasteiger charge is -2.23. The molecule has 1 aliphatic rings. The number of halogens is 1. The predicted octanol–water partition coefficient (Wildman–Crippen LogP) is 6.73. The molecule has 1 aliphatic heterocycles. The highest BCUT2D eigenvalue weighted by Gasteiger charge is 2.22. The number of benzene rings is 4. The van der Waals surface area contributed by atoms with Gasteiger partial charge in [-0.1, -0.05) is 90.5 Å². The summed E-state index contributed by atoms with van der Waals surface area (Å²) in [6.07, 6.45) is -0.300. The fraction of sp³-hybridized carbons (Fsp3) is 0.0370. The molecule has 1 unspecified atom stereocenters. The Bertz CT molecular complexity index is 1500. The predicted molar refractivity (Wildman–Crippen MR) is 131 cm³/mol. The Balaban J connectivity index is 1.47. The van der Waals surface area contributed by atoms with E-state index in [4.69, 9.17) is 26.0 Å². The lowest BCUT2D eigenvalue weighted by Crippen LogP contribution is -2.33. The van der Waals surface area contributed by atoms with Crippen LogP contribution in [0.2, 0.25) is 5.02 Å². The Hall–Kier alpha value is -3.89. The first-order valence-corrected chi connectivity index (χ1v) is 10.8. The van der Waals surface area contributed by atoms with Crippen LogP contribution in [0.4, 0.5) is 0 Å². The van der Waals surface area contributed by atoms with Gasteiger partial charge in [-0.05, 0) is 18.2 Å². The van der Waals surface area contributed by atoms with Crippen LogP contribution in [0.5, 0.6) is 0 Å². The first kappa shape index (κ1) is 18.8. The molecule has 32 heavy (non-hydrogen) atoms. The van der Waals surface area contributed by atoms with Crippen molar-refractivity contribution in [2.45, 2.75) is 6.17 Å². The molecule has 154 valence electrons. The van der Waals surface area contributed by atoms with E-state index in [1.54, 1.807) is 0 Å². The zero-order valence-corrected chi connectivity index (χ0v) is 17.8. The quantitative estimate of drug-likeness (QED) is 0.341. The van der Waals surface area contributed by atoms with E-state index >= 15 is 0 Å². The van der Waals surface area contributed by atoms with Crippen molar-refractivity contribution >= 4 is 45.2 Å². The van der Waals surface area contributed by atoms with Crippen LogP contribution in [0, 0.1) is 0 Å². The summed E-state index contributed by atoms with van der Waals surface area (Å²) in [5, 5.41) is 6.11. The van der Waals surface area contributed by atoms with E-state index in [-0.39, 0.29) is 6.17 Å². The normalized spacial score (nSPS) is 16.0. The van der Waals surface area contributed by atoms with Gasteiger partial charge in [0.1, 0.15) is 23.2 Å². The Labute approximate surface area is 189 Å². The van der Waals surface area contributed by atoms with Crippen molar-refractivity contribution in [2.75, 3.05) is 0 Å². The smallest absolute Gasteiger partial charge is 0.159 e. The van der Waals surface area contributed by atoms with Crippen LogP contribution in [0.1, 0.15) is 22.9 Å². The fourth-order valence-electron chi connectivity index (χ4n) is 4.05. The number of nitrogens with one attached hydrogen (secondary N) is 1. The number of furan rings is 1. The monoisotopic (exact) mass is 435 g/mol. The van der Waals surface area contributed by atoms with Crippen molar-refractivity contribution in [3.05, 3.63) is 119 Å². The minimum absolute atomic E-state index is 0.300. The average Bonchev–Trinajstić information content (AvgIpc) is 3.24. The summed E-state index contributed by atoms with van der Waals surface area (Å²) in [4.78, 5) is 9.75. The average molecular weight is 436 g/mol. The number of rotatable bonds is 3. The zero-order valence-electron chi connectivity index (χ0n) is 17.0. The number of amidine groups is 2. The van der Waals surface area contributed by atoms with Gasteiger partial charge in [0.25, 0.3) is 0 Å². The highest BCUT2D eigenvalue weighted by Crippen LogP contribution is 2.35. The lowest BCUT2D eigenvalue weighted by atomic mass is 10.1. The van der Waals surface area contributed by atoms with Gasteiger partial charge < -0.3 is 9.73 Å². The largest absolute Gasteiger partial charge is 0.456 e. The molecule has 0 saturated heterocycles. The van der Waals surface area contributed by atoms with Gasteiger partial charge in [-0.3, -0.25) is 0 Å². The summed E-state index contributed by atoms with van der Waals surface area (Å²) < 4.78 is 6.10. The summed E-state index contributed by atoms with van der Waals surface area (Å²) in [6.45, 7) is 0. The molecule has 5 aromatic rings. The Morgan fingerprint density at radius 3 is 2.28 bits per heavy atom. The number of fused-ring (bicyclic) bond motifs is 3. The minimum Gasteiger partial charge on any atom is -0.456 e. The van der Waals surface area contributed by atoms with E-state index in [1.807, 2.05) is 84.9 Å². The number of aliphatic imine (C=N–C) groups is 2. The summed E-state index contributed by atoms with van der Waals surface area (Å²) in [6, 6.07) is 32.0. The van der Waals surface area contributed by atoms with Crippen molar-refractivity contribution in [1.29, 1.82) is 0 Å². The molecule has 1 aromatic heterocycles. The van der Waals surface area contributed by atoms with Crippen LogP contribution in [-0.4, -0.2) is 11.7 Å². The van der Waals surface area contributed by atoms with E-state index in [1.165, 1.54) is 0 Å². The van der Waals surface area contributed by atoms with Crippen molar-refractivity contribution in [2.24, 2.45) is 9.98 Å². The Morgan fingerprint density at radius 1 is 0.750 bits per heavy atom. The zero-order chi connectivity index (χ0) is 21.5. The Kier molecular flexibility index (Phi) is 4.51. The van der Waals surface area contributed by atoms with Crippen molar-refractivity contribution in [3.8, 4) is 0 Å². The van der Waals surface area contributed by atoms with E-state index < -0.39 is 0 Å². The standard InChI is InChI=1S/C27H18ClN3O/c28-21-12-7-13-22-24(21)20-15-14-19(16-23(20)32-22)27-30-25(17-8-3-1-4-9-17)29-26(31-27)18-10-5-2-6-11-18/h1-16,27H,(H,29,30,31). The number of hydrogen-bond acceptors (Lipinski definition) is 4. The summed E-state index contributed by atoms with van der Waals surface area (Å²) in [7, 11) is 0. The van der Waals surface area contributed by atoms with E-state index in [0.29, 0.717) is 10.9 Å². The second kappa shape index (κ2) is 7.66. The molecule has 0 fully saturated rings. The molecule has 0 saturated carbocycles. The van der Waals surface area contributed by atoms with Gasteiger partial charge in [0, 0.05) is 27.5 Å². The maximum atomic E-state index is 6.43. The molecule has 4 aromatic carbocycles. The summed E-state index contributed by atoms with van der Waals surface area (Å²) in [5.41, 5.74) is 4.54. The van der Waals surface area contributed by atoms with Crippen LogP contribution < -0.4 is 5.32 Å². The third-order valence-electron chi connectivity index (χ3n) is 5.61. The van der Waals surface area contributed by atoms with E-state index in [0.717, 1.165) is 44.5 Å². The van der Waals surface area contributed by atoms with Crippen LogP contribution in [-0.2, 0) is 0 Å².